The van der Waals surface area contributed by atoms with Gasteiger partial charge in [-0.15, -0.1) is 0 Å². The molecule has 5 aliphatic rings. The van der Waals surface area contributed by atoms with Gasteiger partial charge in [0.15, 0.2) is 11.9 Å². The van der Waals surface area contributed by atoms with Crippen LogP contribution in [0.2, 0.25) is 0 Å². The fourth-order valence-electron chi connectivity index (χ4n) is 9.44. The molecule has 4 N–H and O–H groups in total. The molecule has 2 aromatic heterocycles. The highest BCUT2D eigenvalue weighted by Gasteiger charge is 2.46. The normalized spacial score (nSPS) is 24.8. The molecule has 6 heterocycles. The van der Waals surface area contributed by atoms with Crippen LogP contribution >= 0.6 is 0 Å². The predicted molar refractivity (Wildman–Crippen MR) is 238 cm³/mol. The zero-order valence-corrected chi connectivity index (χ0v) is 37.7. The molecule has 0 spiro atoms. The number of allylic oxidation sites excluding steroid dienone is 1. The molecule has 3 aromatic rings. The number of hydrogen-bond donors (Lipinski definition) is 4. The molecule has 5 amide bonds. The number of ether oxygens (including phenoxy) is 1. The number of likely N-dealkylation sites (tertiary alicyclic amines) is 1. The highest BCUT2D eigenvalue weighted by Crippen LogP contribution is 2.33. The lowest BCUT2D eigenvalue weighted by Crippen LogP contribution is -2.52. The number of amides is 5. The highest BCUT2D eigenvalue weighted by molar-refractivity contribution is 6.10. The number of hydrogen-bond acceptors (Lipinski definition) is 11. The molecular formula is C46H56F4N11O6+. The van der Waals surface area contributed by atoms with Crippen molar-refractivity contribution in [3.05, 3.63) is 65.7 Å². The van der Waals surface area contributed by atoms with E-state index in [0.717, 1.165) is 41.5 Å². The van der Waals surface area contributed by atoms with Crippen molar-refractivity contribution in [2.75, 3.05) is 42.9 Å². The smallest absolute Gasteiger partial charge is 0.441 e. The first-order valence-electron chi connectivity index (χ1n) is 22.9. The Kier molecular flexibility index (Phi) is 13.7. The van der Waals surface area contributed by atoms with Gasteiger partial charge in [0.25, 0.3) is 5.91 Å². The number of alkyl carbamates (subject to hydrolysis) is 1. The largest absolute Gasteiger partial charge is 0.444 e. The molecule has 358 valence electrons. The minimum absolute atomic E-state index is 0.0272. The number of nitrogens with zero attached hydrogens (tertiary/aromatic N) is 7. The molecule has 1 aromatic carbocycles. The Labute approximate surface area is 384 Å². The number of anilines is 2. The molecule has 3 atom stereocenters. The van der Waals surface area contributed by atoms with Crippen LogP contribution in [-0.4, -0.2) is 123 Å². The van der Waals surface area contributed by atoms with E-state index in [1.165, 1.54) is 16.9 Å². The zero-order chi connectivity index (χ0) is 47.6. The Bertz CT molecular complexity index is 2480. The minimum atomic E-state index is -4.90. The molecule has 1 saturated carbocycles. The van der Waals surface area contributed by atoms with Gasteiger partial charge in [-0.1, -0.05) is 16.8 Å². The van der Waals surface area contributed by atoms with Crippen LogP contribution in [0.3, 0.4) is 0 Å². The van der Waals surface area contributed by atoms with E-state index in [4.69, 9.17) is 4.74 Å². The molecule has 0 radical (unpaired) electrons. The summed E-state index contributed by atoms with van der Waals surface area (Å²) >= 11 is 0. The van der Waals surface area contributed by atoms with Gasteiger partial charge in [-0.25, -0.2) is 18.7 Å². The maximum Gasteiger partial charge on any atom is 0.441 e. The van der Waals surface area contributed by atoms with Gasteiger partial charge in [-0.2, -0.15) is 18.3 Å². The van der Waals surface area contributed by atoms with E-state index in [9.17, 15) is 41.5 Å². The molecule has 0 bridgehead atoms. The van der Waals surface area contributed by atoms with Crippen LogP contribution in [-0.2, 0) is 19.1 Å². The summed E-state index contributed by atoms with van der Waals surface area (Å²) in [5.41, 5.74) is -0.918. The van der Waals surface area contributed by atoms with E-state index >= 15 is 0 Å². The summed E-state index contributed by atoms with van der Waals surface area (Å²) in [5.74, 6) is -1.40. The summed E-state index contributed by atoms with van der Waals surface area (Å²) in [6, 6.07) is 8.66. The number of imide groups is 1. The number of benzene rings is 1. The second-order valence-corrected chi connectivity index (χ2v) is 19.1. The molecule has 8 rings (SSSR count). The Balaban J connectivity index is 0.835. The summed E-state index contributed by atoms with van der Waals surface area (Å²) in [4.78, 5) is 71.6. The average molecular weight is 935 g/mol. The second-order valence-electron chi connectivity index (χ2n) is 19.1. The number of carbonyl (C=O) groups is 5. The fraction of sp³-hybridized carbons (Fsp3) is 0.543. The van der Waals surface area contributed by atoms with Crippen molar-refractivity contribution < 1.29 is 51.0 Å². The Morgan fingerprint density at radius 3 is 2.48 bits per heavy atom. The third-order valence-electron chi connectivity index (χ3n) is 12.8. The molecular weight excluding hydrogens is 879 g/mol. The molecule has 67 heavy (non-hydrogen) atoms. The average Bonchev–Trinajstić information content (AvgIpc) is 3.89. The lowest BCUT2D eigenvalue weighted by atomic mass is 9.81. The van der Waals surface area contributed by atoms with Crippen molar-refractivity contribution in [1.29, 1.82) is 0 Å². The van der Waals surface area contributed by atoms with E-state index < -0.39 is 47.4 Å². The van der Waals surface area contributed by atoms with Crippen molar-refractivity contribution >= 4 is 58.8 Å². The molecule has 1 aliphatic carbocycles. The van der Waals surface area contributed by atoms with Crippen LogP contribution < -0.4 is 26.2 Å². The number of nitrogens with one attached hydrogen (secondary N) is 4. The van der Waals surface area contributed by atoms with Crippen molar-refractivity contribution in [2.24, 2.45) is 22.9 Å². The first-order chi connectivity index (χ1) is 31.8. The number of rotatable bonds is 10. The first kappa shape index (κ1) is 47.1. The third kappa shape index (κ3) is 11.6. The topological polar surface area (TPSA) is 195 Å². The van der Waals surface area contributed by atoms with Crippen LogP contribution in [0.1, 0.15) is 100 Å². The van der Waals surface area contributed by atoms with E-state index in [1.54, 1.807) is 38.0 Å². The first-order valence-corrected chi connectivity index (χ1v) is 22.9. The Morgan fingerprint density at radius 2 is 1.76 bits per heavy atom. The van der Waals surface area contributed by atoms with Gasteiger partial charge in [-0.05, 0) is 95.4 Å². The summed E-state index contributed by atoms with van der Waals surface area (Å²) in [7, 11) is 0. The van der Waals surface area contributed by atoms with Crippen LogP contribution in [0.5, 0.6) is 0 Å². The van der Waals surface area contributed by atoms with E-state index in [-0.39, 0.29) is 72.0 Å². The predicted octanol–water partition coefficient (Wildman–Crippen LogP) is 5.43. The van der Waals surface area contributed by atoms with Crippen molar-refractivity contribution in [3.8, 4) is 0 Å². The lowest BCUT2D eigenvalue weighted by Gasteiger charge is -2.36. The highest BCUT2D eigenvalue weighted by atomic mass is 19.4. The summed E-state index contributed by atoms with van der Waals surface area (Å²) in [5, 5.41) is 18.9. The van der Waals surface area contributed by atoms with E-state index in [1.807, 2.05) is 29.2 Å². The molecule has 4 fully saturated rings. The van der Waals surface area contributed by atoms with Gasteiger partial charge in [0, 0.05) is 67.8 Å². The van der Waals surface area contributed by atoms with Gasteiger partial charge in [-0.3, -0.25) is 24.5 Å². The van der Waals surface area contributed by atoms with Gasteiger partial charge < -0.3 is 30.5 Å². The number of aromatic nitrogens is 3. The van der Waals surface area contributed by atoms with Gasteiger partial charge in [0.2, 0.25) is 29.6 Å². The minimum Gasteiger partial charge on any atom is -0.444 e. The van der Waals surface area contributed by atoms with Gasteiger partial charge >= 0.3 is 12.3 Å². The number of halogens is 4. The quantitative estimate of drug-likeness (QED) is 0.116. The molecule has 17 nitrogen and oxygen atoms in total. The molecule has 21 heteroatoms. The number of hydrazone groups is 1. The molecule has 1 unspecified atom stereocenters. The summed E-state index contributed by atoms with van der Waals surface area (Å²) in [6.07, 6.45) is 3.32. The number of fused-ring (bicyclic) bond motifs is 1. The standard InChI is InChI=1S/C46H55F4N11O6/c1-45(2,3)67-44(66)53-33-20-31(47)24-59(25-33)37-15-18-61-40(55-37)35(22-52-61)42(64)54-36-26-60(57-39(36)46(48,49)50)23-28-7-9-29(10-8-28)43(65)58-16-13-27(14-17-58)21-51-32-6-4-5-30(19-32)34-11-12-38(62)56-41(34)63/h4-6,15,18-19,22-23,26-29,31,33-34,51H,7-14,16-17,20-21,24-25H2,1-3H3,(H2-,53,54,56,62,63,64,66)/p+1/b60-23+/t28?,29?,31-,33-,34?/m1/s1. The molecule has 3 saturated heterocycles. The monoisotopic (exact) mass is 934 g/mol. The lowest BCUT2D eigenvalue weighted by molar-refractivity contribution is -0.456. The summed E-state index contributed by atoms with van der Waals surface area (Å²) in [6.45, 7) is 7.28. The van der Waals surface area contributed by atoms with Crippen LogP contribution in [0.25, 0.3) is 5.65 Å². The number of alkyl halides is 4. The SMILES string of the molecule is CC(C)(C)OC(=O)N[C@@H]1C[C@@H](F)CN(c2ccn3ncc(C(=O)NC4=C/[N+](=C\C5CCC(C(=O)N6CCC(CNc7cccc(C8CCC(=O)NC8=O)c7)CC6)CC5)N=C4C(F)(F)F)c3n2)C1. The van der Waals surface area contributed by atoms with Crippen molar-refractivity contribution in [2.45, 2.75) is 108 Å². The van der Waals surface area contributed by atoms with Gasteiger partial charge in [0.1, 0.15) is 28.9 Å². The van der Waals surface area contributed by atoms with Crippen molar-refractivity contribution in [1.82, 2.24) is 35.4 Å². The molecule has 4 aliphatic heterocycles. The maximum absolute atomic E-state index is 14.9. The van der Waals surface area contributed by atoms with Crippen molar-refractivity contribution in [3.63, 3.8) is 0 Å². The van der Waals surface area contributed by atoms with Crippen LogP contribution in [0.15, 0.2) is 59.7 Å². The third-order valence-corrected chi connectivity index (χ3v) is 12.8. The van der Waals surface area contributed by atoms with E-state index in [2.05, 4.69) is 36.5 Å². The Hall–Kier alpha value is -6.41. The van der Waals surface area contributed by atoms with Gasteiger partial charge in [0.05, 0.1) is 24.7 Å². The van der Waals surface area contributed by atoms with Crippen LogP contribution in [0.4, 0.5) is 33.9 Å². The second kappa shape index (κ2) is 19.4. The van der Waals surface area contributed by atoms with Crippen LogP contribution in [0, 0.1) is 17.8 Å². The zero-order valence-electron chi connectivity index (χ0n) is 37.7. The van der Waals surface area contributed by atoms with E-state index in [0.29, 0.717) is 57.5 Å². The Morgan fingerprint density at radius 1 is 1.00 bits per heavy atom. The summed E-state index contributed by atoms with van der Waals surface area (Å²) < 4.78 is 65.6. The number of piperidine rings is 3. The number of carbonyl (C=O) groups excluding carboxylic acids is 5. The fourth-order valence-corrected chi connectivity index (χ4v) is 9.44. The maximum atomic E-state index is 14.9.